The fourth-order valence-corrected chi connectivity index (χ4v) is 1.06. The van der Waals surface area contributed by atoms with Crippen molar-refractivity contribution >= 4 is 11.6 Å². The molecule has 0 bridgehead atoms. The van der Waals surface area contributed by atoms with E-state index in [1.807, 2.05) is 6.07 Å². The molecule has 0 aliphatic rings. The van der Waals surface area contributed by atoms with Crippen molar-refractivity contribution < 1.29 is 4.74 Å². The molecule has 3 nitrogen and oxygen atoms in total. The first-order valence-electron chi connectivity index (χ1n) is 4.04. The highest BCUT2D eigenvalue weighted by molar-refractivity contribution is 6.30. The van der Waals surface area contributed by atoms with Crippen molar-refractivity contribution in [3.8, 4) is 11.6 Å². The summed E-state index contributed by atoms with van der Waals surface area (Å²) in [5.74, 6) is 1.16. The molecule has 0 fully saturated rings. The second-order valence-electron chi connectivity index (χ2n) is 2.61. The average molecular weight is 207 g/mol. The van der Waals surface area contributed by atoms with Crippen molar-refractivity contribution in [3.05, 3.63) is 47.9 Å². The van der Waals surface area contributed by atoms with Crippen LogP contribution in [0.1, 0.15) is 0 Å². The topological polar surface area (TPSA) is 35.0 Å². The van der Waals surface area contributed by atoms with Crippen LogP contribution < -0.4 is 4.74 Å². The van der Waals surface area contributed by atoms with Crippen molar-refractivity contribution in [2.75, 3.05) is 0 Å². The number of halogens is 1. The fraction of sp³-hybridized carbons (Fsp3) is 0. The monoisotopic (exact) mass is 206 g/mol. The summed E-state index contributed by atoms with van der Waals surface area (Å²) in [5.41, 5.74) is 0. The Morgan fingerprint density at radius 2 is 2.07 bits per heavy atom. The number of hydrogen-bond donors (Lipinski definition) is 0. The second-order valence-corrected chi connectivity index (χ2v) is 3.04. The SMILES string of the molecule is Clc1ccc(Oc2cccnc2)nc1. The molecule has 70 valence electrons. The predicted molar refractivity (Wildman–Crippen MR) is 53.6 cm³/mol. The molecule has 2 rings (SSSR count). The lowest BCUT2D eigenvalue weighted by Crippen LogP contribution is -1.87. The van der Waals surface area contributed by atoms with Gasteiger partial charge in [-0.05, 0) is 18.2 Å². The number of nitrogens with zero attached hydrogens (tertiary/aromatic N) is 2. The van der Waals surface area contributed by atoms with Crippen LogP contribution in [-0.4, -0.2) is 9.97 Å². The summed E-state index contributed by atoms with van der Waals surface area (Å²) in [4.78, 5) is 7.91. The van der Waals surface area contributed by atoms with Crippen molar-refractivity contribution in [2.24, 2.45) is 0 Å². The third-order valence-corrected chi connectivity index (χ3v) is 1.78. The Bertz CT molecular complexity index is 402. The Hall–Kier alpha value is -1.61. The highest BCUT2D eigenvalue weighted by Crippen LogP contribution is 2.18. The molecular weight excluding hydrogens is 200 g/mol. The summed E-state index contributed by atoms with van der Waals surface area (Å²) in [6.07, 6.45) is 4.84. The first kappa shape index (κ1) is 8.97. The smallest absolute Gasteiger partial charge is 0.219 e. The molecule has 4 heteroatoms. The van der Waals surface area contributed by atoms with Crippen LogP contribution in [0.3, 0.4) is 0 Å². The minimum Gasteiger partial charge on any atom is -0.437 e. The Labute approximate surface area is 86.3 Å². The summed E-state index contributed by atoms with van der Waals surface area (Å²) < 4.78 is 5.40. The zero-order chi connectivity index (χ0) is 9.80. The molecule has 0 aliphatic heterocycles. The second kappa shape index (κ2) is 4.07. The van der Waals surface area contributed by atoms with Crippen LogP contribution in [0.25, 0.3) is 0 Å². The quantitative estimate of drug-likeness (QED) is 0.758. The summed E-state index contributed by atoms with van der Waals surface area (Å²) in [6, 6.07) is 7.03. The predicted octanol–water partition coefficient (Wildman–Crippen LogP) is 2.92. The summed E-state index contributed by atoms with van der Waals surface area (Å²) in [5, 5.41) is 0.587. The van der Waals surface area contributed by atoms with E-state index in [9.17, 15) is 0 Å². The standard InChI is InChI=1S/C10H7ClN2O/c11-8-3-4-10(13-6-8)14-9-2-1-5-12-7-9/h1-7H. The molecule has 2 aromatic rings. The van der Waals surface area contributed by atoms with Crippen LogP contribution in [-0.2, 0) is 0 Å². The fourth-order valence-electron chi connectivity index (χ4n) is 0.951. The number of hydrogen-bond acceptors (Lipinski definition) is 3. The van der Waals surface area contributed by atoms with Gasteiger partial charge in [-0.3, -0.25) is 4.98 Å². The molecule has 0 atom stereocenters. The summed E-state index contributed by atoms with van der Waals surface area (Å²) >= 11 is 5.68. The van der Waals surface area contributed by atoms with Gasteiger partial charge in [0.25, 0.3) is 0 Å². The zero-order valence-corrected chi connectivity index (χ0v) is 7.98. The molecule has 0 unspecified atom stereocenters. The van der Waals surface area contributed by atoms with E-state index in [2.05, 4.69) is 9.97 Å². The Balaban J connectivity index is 2.16. The van der Waals surface area contributed by atoms with Gasteiger partial charge in [-0.1, -0.05) is 11.6 Å². The first-order chi connectivity index (χ1) is 6.84. The van der Waals surface area contributed by atoms with Gasteiger partial charge in [-0.25, -0.2) is 4.98 Å². The van der Waals surface area contributed by atoms with Gasteiger partial charge in [0.15, 0.2) is 0 Å². The maximum Gasteiger partial charge on any atom is 0.219 e. The maximum absolute atomic E-state index is 5.68. The number of ether oxygens (including phenoxy) is 1. The average Bonchev–Trinajstić information content (AvgIpc) is 2.23. The summed E-state index contributed by atoms with van der Waals surface area (Å²) in [6.45, 7) is 0. The van der Waals surface area contributed by atoms with Crippen LogP contribution in [0.5, 0.6) is 11.6 Å². The first-order valence-corrected chi connectivity index (χ1v) is 4.42. The lowest BCUT2D eigenvalue weighted by atomic mass is 10.4. The molecule has 0 aromatic carbocycles. The van der Waals surface area contributed by atoms with Gasteiger partial charge < -0.3 is 4.74 Å². The van der Waals surface area contributed by atoms with Crippen LogP contribution in [0.15, 0.2) is 42.9 Å². The van der Waals surface area contributed by atoms with Gasteiger partial charge in [0.05, 0.1) is 11.2 Å². The molecule has 0 N–H and O–H groups in total. The van der Waals surface area contributed by atoms with Crippen molar-refractivity contribution in [1.29, 1.82) is 0 Å². The van der Waals surface area contributed by atoms with Gasteiger partial charge in [-0.2, -0.15) is 0 Å². The van der Waals surface area contributed by atoms with E-state index in [0.29, 0.717) is 16.7 Å². The van der Waals surface area contributed by atoms with Gasteiger partial charge in [0, 0.05) is 18.5 Å². The van der Waals surface area contributed by atoms with Crippen molar-refractivity contribution in [1.82, 2.24) is 9.97 Å². The van der Waals surface area contributed by atoms with E-state index in [-0.39, 0.29) is 0 Å². The van der Waals surface area contributed by atoms with Gasteiger partial charge in [0.1, 0.15) is 5.75 Å². The lowest BCUT2D eigenvalue weighted by molar-refractivity contribution is 0.461. The molecule has 2 aromatic heterocycles. The van der Waals surface area contributed by atoms with Crippen LogP contribution in [0.4, 0.5) is 0 Å². The summed E-state index contributed by atoms with van der Waals surface area (Å²) in [7, 11) is 0. The van der Waals surface area contributed by atoms with E-state index in [1.165, 1.54) is 6.20 Å². The van der Waals surface area contributed by atoms with Crippen LogP contribution >= 0.6 is 11.6 Å². The van der Waals surface area contributed by atoms with Crippen LogP contribution in [0, 0.1) is 0 Å². The van der Waals surface area contributed by atoms with Crippen molar-refractivity contribution in [2.45, 2.75) is 0 Å². The Morgan fingerprint density at radius 1 is 1.14 bits per heavy atom. The van der Waals surface area contributed by atoms with Gasteiger partial charge >= 0.3 is 0 Å². The molecule has 0 spiro atoms. The third kappa shape index (κ3) is 2.20. The zero-order valence-electron chi connectivity index (χ0n) is 7.22. The Kier molecular flexibility index (Phi) is 2.60. The molecule has 0 saturated heterocycles. The minimum atomic E-state index is 0.502. The minimum absolute atomic E-state index is 0.502. The lowest BCUT2D eigenvalue weighted by Gasteiger charge is -2.02. The van der Waals surface area contributed by atoms with E-state index in [1.54, 1.807) is 30.6 Å². The normalized spacial score (nSPS) is 9.79. The van der Waals surface area contributed by atoms with E-state index in [0.717, 1.165) is 0 Å². The molecule has 14 heavy (non-hydrogen) atoms. The number of aromatic nitrogens is 2. The highest BCUT2D eigenvalue weighted by Gasteiger charge is 1.97. The van der Waals surface area contributed by atoms with E-state index in [4.69, 9.17) is 16.3 Å². The molecule has 0 amide bonds. The largest absolute Gasteiger partial charge is 0.437 e. The van der Waals surface area contributed by atoms with Gasteiger partial charge in [-0.15, -0.1) is 0 Å². The van der Waals surface area contributed by atoms with E-state index >= 15 is 0 Å². The number of pyridine rings is 2. The molecular formula is C10H7ClN2O. The molecule has 0 radical (unpaired) electrons. The maximum atomic E-state index is 5.68. The third-order valence-electron chi connectivity index (χ3n) is 1.56. The molecule has 0 aliphatic carbocycles. The Morgan fingerprint density at radius 3 is 2.71 bits per heavy atom. The van der Waals surface area contributed by atoms with E-state index < -0.39 is 0 Å². The number of rotatable bonds is 2. The molecule has 0 saturated carbocycles. The van der Waals surface area contributed by atoms with Crippen molar-refractivity contribution in [3.63, 3.8) is 0 Å². The molecule has 2 heterocycles. The van der Waals surface area contributed by atoms with Crippen LogP contribution in [0.2, 0.25) is 5.02 Å². The highest BCUT2D eigenvalue weighted by atomic mass is 35.5. The van der Waals surface area contributed by atoms with Gasteiger partial charge in [0.2, 0.25) is 5.88 Å².